The average Bonchev–Trinajstić information content (AvgIpc) is 3.43. The van der Waals surface area contributed by atoms with Crippen LogP contribution < -0.4 is 0 Å². The van der Waals surface area contributed by atoms with Crippen molar-refractivity contribution in [3.8, 4) is 0 Å². The number of nitrogens with zero attached hydrogens (tertiary/aromatic N) is 4. The second kappa shape index (κ2) is 7.61. The van der Waals surface area contributed by atoms with E-state index < -0.39 is 6.10 Å². The number of aryl methyl sites for hydroxylation is 2. The van der Waals surface area contributed by atoms with Crippen molar-refractivity contribution in [1.29, 1.82) is 0 Å². The Hall–Kier alpha value is -2.52. The third-order valence-electron chi connectivity index (χ3n) is 4.49. The van der Waals surface area contributed by atoms with Crippen molar-refractivity contribution < 1.29 is 18.6 Å². The van der Waals surface area contributed by atoms with Gasteiger partial charge in [-0.25, -0.2) is 0 Å². The number of rotatable bonds is 5. The summed E-state index contributed by atoms with van der Waals surface area (Å²) in [6, 6.07) is 4.02. The number of thiophene rings is 1. The summed E-state index contributed by atoms with van der Waals surface area (Å²) >= 11 is 1.65. The maximum absolute atomic E-state index is 13.0. The van der Waals surface area contributed by atoms with Crippen molar-refractivity contribution in [2.24, 2.45) is 0 Å². The van der Waals surface area contributed by atoms with Crippen molar-refractivity contribution in [2.75, 3.05) is 19.7 Å². The Morgan fingerprint density at radius 2 is 2.26 bits per heavy atom. The van der Waals surface area contributed by atoms with Crippen LogP contribution in [0.4, 0.5) is 0 Å². The fourth-order valence-electron chi connectivity index (χ4n) is 3.11. The van der Waals surface area contributed by atoms with Crippen LogP contribution in [-0.4, -0.2) is 45.8 Å². The van der Waals surface area contributed by atoms with Gasteiger partial charge in [0.15, 0.2) is 11.9 Å². The fraction of sp³-hybridized carbons (Fsp3) is 0.444. The van der Waals surface area contributed by atoms with Gasteiger partial charge >= 0.3 is 0 Å². The molecule has 9 heteroatoms. The van der Waals surface area contributed by atoms with Gasteiger partial charge in [-0.1, -0.05) is 23.3 Å². The standard InChI is InChI=1S/C18H20N4O4S/c1-3-13-16(11(2)20-25-13)18(23)22-6-7-24-14(10-22)17-19-15(21-26-17)9-12-5-4-8-27-12/h4-5,8,14H,3,6-7,9-10H2,1-2H3. The maximum atomic E-state index is 13.0. The maximum Gasteiger partial charge on any atom is 0.259 e. The molecule has 0 radical (unpaired) electrons. The molecule has 1 aliphatic heterocycles. The monoisotopic (exact) mass is 388 g/mol. The number of hydrogen-bond donors (Lipinski definition) is 0. The van der Waals surface area contributed by atoms with Gasteiger partial charge in [0.1, 0.15) is 11.3 Å². The minimum Gasteiger partial charge on any atom is -0.365 e. The molecule has 142 valence electrons. The van der Waals surface area contributed by atoms with Crippen molar-refractivity contribution in [2.45, 2.75) is 32.8 Å². The molecule has 1 unspecified atom stereocenters. The van der Waals surface area contributed by atoms with Gasteiger partial charge < -0.3 is 18.7 Å². The molecule has 1 atom stereocenters. The van der Waals surface area contributed by atoms with Crippen LogP contribution in [-0.2, 0) is 17.6 Å². The van der Waals surface area contributed by atoms with E-state index in [1.807, 2.05) is 24.4 Å². The van der Waals surface area contributed by atoms with E-state index in [2.05, 4.69) is 15.3 Å². The van der Waals surface area contributed by atoms with Crippen molar-refractivity contribution in [3.05, 3.63) is 51.1 Å². The van der Waals surface area contributed by atoms with E-state index in [-0.39, 0.29) is 5.91 Å². The molecule has 0 aromatic carbocycles. The normalized spacial score (nSPS) is 17.4. The van der Waals surface area contributed by atoms with Crippen LogP contribution in [0.3, 0.4) is 0 Å². The lowest BCUT2D eigenvalue weighted by atomic mass is 10.1. The molecule has 1 amide bonds. The predicted molar refractivity (Wildman–Crippen MR) is 96.6 cm³/mol. The van der Waals surface area contributed by atoms with Gasteiger partial charge in [-0.3, -0.25) is 4.79 Å². The summed E-state index contributed by atoms with van der Waals surface area (Å²) in [4.78, 5) is 20.3. The first kappa shape index (κ1) is 17.9. The zero-order chi connectivity index (χ0) is 18.8. The van der Waals surface area contributed by atoms with Crippen LogP contribution in [0.25, 0.3) is 0 Å². The van der Waals surface area contributed by atoms with Gasteiger partial charge in [0, 0.05) is 24.3 Å². The Labute approximate surface area is 160 Å². The third kappa shape index (κ3) is 3.65. The quantitative estimate of drug-likeness (QED) is 0.663. The summed E-state index contributed by atoms with van der Waals surface area (Å²) in [6.07, 6.45) is 0.805. The lowest BCUT2D eigenvalue weighted by Crippen LogP contribution is -2.42. The molecule has 4 rings (SSSR count). The molecular weight excluding hydrogens is 368 g/mol. The van der Waals surface area contributed by atoms with E-state index in [4.69, 9.17) is 13.8 Å². The second-order valence-corrected chi connectivity index (χ2v) is 7.37. The molecule has 0 N–H and O–H groups in total. The molecule has 8 nitrogen and oxygen atoms in total. The van der Waals surface area contributed by atoms with Crippen molar-refractivity contribution in [3.63, 3.8) is 0 Å². The molecule has 1 aliphatic rings. The summed E-state index contributed by atoms with van der Waals surface area (Å²) in [7, 11) is 0. The van der Waals surface area contributed by atoms with Gasteiger partial charge in [0.2, 0.25) is 0 Å². The fourth-order valence-corrected chi connectivity index (χ4v) is 3.81. The largest absolute Gasteiger partial charge is 0.365 e. The number of ether oxygens (including phenoxy) is 1. The number of amides is 1. The predicted octanol–water partition coefficient (Wildman–Crippen LogP) is 2.79. The summed E-state index contributed by atoms with van der Waals surface area (Å²) in [6.45, 7) is 4.98. The van der Waals surface area contributed by atoms with Gasteiger partial charge in [-0.2, -0.15) is 4.98 Å². The van der Waals surface area contributed by atoms with Crippen LogP contribution in [0, 0.1) is 6.92 Å². The molecule has 1 fully saturated rings. The van der Waals surface area contributed by atoms with Crippen LogP contribution in [0.1, 0.15) is 51.4 Å². The topological polar surface area (TPSA) is 94.5 Å². The summed E-state index contributed by atoms with van der Waals surface area (Å²) in [5, 5.41) is 9.98. The zero-order valence-electron chi connectivity index (χ0n) is 15.2. The first-order valence-corrected chi connectivity index (χ1v) is 9.74. The van der Waals surface area contributed by atoms with Gasteiger partial charge in [0.05, 0.1) is 18.8 Å². The summed E-state index contributed by atoms with van der Waals surface area (Å²) < 4.78 is 16.4. The highest BCUT2D eigenvalue weighted by Crippen LogP contribution is 2.25. The van der Waals surface area contributed by atoms with Crippen molar-refractivity contribution >= 4 is 17.2 Å². The highest BCUT2D eigenvalue weighted by Gasteiger charge is 2.32. The lowest BCUT2D eigenvalue weighted by molar-refractivity contribution is -0.0368. The average molecular weight is 388 g/mol. The van der Waals surface area contributed by atoms with E-state index in [9.17, 15) is 4.79 Å². The smallest absolute Gasteiger partial charge is 0.259 e. The van der Waals surface area contributed by atoms with E-state index in [1.165, 1.54) is 4.88 Å². The van der Waals surface area contributed by atoms with Crippen LogP contribution in [0.2, 0.25) is 0 Å². The molecule has 3 aromatic heterocycles. The Bertz CT molecular complexity index is 918. The minimum absolute atomic E-state index is 0.0998. The van der Waals surface area contributed by atoms with E-state index in [1.54, 1.807) is 23.2 Å². The van der Waals surface area contributed by atoms with Gasteiger partial charge in [0.25, 0.3) is 11.8 Å². The number of carbonyl (C=O) groups is 1. The number of aromatic nitrogens is 3. The Kier molecular flexibility index (Phi) is 5.04. The molecule has 4 heterocycles. The van der Waals surface area contributed by atoms with Crippen LogP contribution in [0.15, 0.2) is 26.6 Å². The number of morpholine rings is 1. The van der Waals surface area contributed by atoms with E-state index >= 15 is 0 Å². The van der Waals surface area contributed by atoms with Gasteiger partial charge in [-0.05, 0) is 18.4 Å². The lowest BCUT2D eigenvalue weighted by Gasteiger charge is -2.31. The van der Waals surface area contributed by atoms with E-state index in [0.717, 1.165) is 0 Å². The Morgan fingerprint density at radius 1 is 1.37 bits per heavy atom. The SMILES string of the molecule is CCc1onc(C)c1C(=O)N1CCOC(c2nc(Cc3cccs3)no2)C1. The highest BCUT2D eigenvalue weighted by atomic mass is 32.1. The second-order valence-electron chi connectivity index (χ2n) is 6.34. The molecule has 0 spiro atoms. The molecule has 27 heavy (non-hydrogen) atoms. The van der Waals surface area contributed by atoms with Crippen LogP contribution in [0.5, 0.6) is 0 Å². The minimum atomic E-state index is -0.433. The first-order chi connectivity index (χ1) is 13.2. The van der Waals surface area contributed by atoms with E-state index in [0.29, 0.717) is 61.3 Å². The van der Waals surface area contributed by atoms with Crippen molar-refractivity contribution in [1.82, 2.24) is 20.2 Å². The number of carbonyl (C=O) groups excluding carboxylic acids is 1. The molecule has 0 saturated carbocycles. The molecule has 3 aromatic rings. The summed E-state index contributed by atoms with van der Waals surface area (Å²) in [5.74, 6) is 1.52. The molecule has 0 bridgehead atoms. The summed E-state index contributed by atoms with van der Waals surface area (Å²) in [5.41, 5.74) is 1.15. The first-order valence-electron chi connectivity index (χ1n) is 8.86. The number of hydrogen-bond acceptors (Lipinski definition) is 8. The highest BCUT2D eigenvalue weighted by molar-refractivity contribution is 7.09. The molecule has 0 aliphatic carbocycles. The van der Waals surface area contributed by atoms with Crippen LogP contribution >= 0.6 is 11.3 Å². The Morgan fingerprint density at radius 3 is 3.04 bits per heavy atom. The third-order valence-corrected chi connectivity index (χ3v) is 5.37. The zero-order valence-corrected chi connectivity index (χ0v) is 16.0. The molecular formula is C18H20N4O4S. The van der Waals surface area contributed by atoms with Gasteiger partial charge in [-0.15, -0.1) is 11.3 Å². The Balaban J connectivity index is 1.47. The molecule has 1 saturated heterocycles.